The fourth-order valence-corrected chi connectivity index (χ4v) is 1.53. The number of hydrogen-bond donors (Lipinski definition) is 1. The zero-order valence-corrected chi connectivity index (χ0v) is 9.15. The van der Waals surface area contributed by atoms with Crippen LogP contribution in [0, 0.1) is 6.92 Å². The first kappa shape index (κ1) is 10.4. The number of H-pyrrole nitrogens is 1. The molecule has 1 aromatic carbocycles. The molecule has 0 radical (unpaired) electrons. The lowest BCUT2D eigenvalue weighted by molar-refractivity contribution is 0.415. The number of nitrogens with zero attached hydrogens (tertiary/aromatic N) is 1. The second-order valence-electron chi connectivity index (χ2n) is 3.46. The first-order chi connectivity index (χ1) is 7.70. The Morgan fingerprint density at radius 1 is 1.25 bits per heavy atom. The number of ether oxygens (including phenoxy) is 1. The van der Waals surface area contributed by atoms with E-state index in [2.05, 4.69) is 10.2 Å². The van der Waals surface area contributed by atoms with Gasteiger partial charge in [0, 0.05) is 11.6 Å². The predicted octanol–water partition coefficient (Wildman–Crippen LogP) is 1.75. The molecule has 1 N–H and O–H groups in total. The number of aryl methyl sites for hydroxylation is 1. The van der Waals surface area contributed by atoms with E-state index in [9.17, 15) is 4.79 Å². The lowest BCUT2D eigenvalue weighted by atomic mass is 10.1. The Morgan fingerprint density at radius 2 is 1.94 bits per heavy atom. The lowest BCUT2D eigenvalue weighted by Crippen LogP contribution is -2.08. The van der Waals surface area contributed by atoms with Crippen LogP contribution in [0.1, 0.15) is 5.69 Å². The monoisotopic (exact) mass is 216 g/mol. The van der Waals surface area contributed by atoms with Crippen molar-refractivity contribution in [3.63, 3.8) is 0 Å². The van der Waals surface area contributed by atoms with Crippen LogP contribution in [-0.4, -0.2) is 17.3 Å². The molecule has 82 valence electrons. The quantitative estimate of drug-likeness (QED) is 0.832. The molecule has 0 spiro atoms. The van der Waals surface area contributed by atoms with Gasteiger partial charge in [0.25, 0.3) is 5.56 Å². The van der Waals surface area contributed by atoms with Crippen molar-refractivity contribution in [2.75, 3.05) is 7.11 Å². The van der Waals surface area contributed by atoms with E-state index in [1.807, 2.05) is 31.2 Å². The molecular weight excluding hydrogens is 204 g/mol. The van der Waals surface area contributed by atoms with Crippen LogP contribution in [0.3, 0.4) is 0 Å². The molecule has 16 heavy (non-hydrogen) atoms. The second-order valence-corrected chi connectivity index (χ2v) is 3.46. The molecule has 2 aromatic rings. The molecule has 2 rings (SSSR count). The first-order valence-electron chi connectivity index (χ1n) is 4.91. The van der Waals surface area contributed by atoms with E-state index in [4.69, 9.17) is 4.74 Å². The maximum atomic E-state index is 11.2. The Labute approximate surface area is 92.9 Å². The number of benzene rings is 1. The Balaban J connectivity index is 2.50. The molecule has 0 unspecified atom stereocenters. The van der Waals surface area contributed by atoms with E-state index in [1.54, 1.807) is 13.2 Å². The minimum Gasteiger partial charge on any atom is -0.497 e. The molecule has 0 bridgehead atoms. The average molecular weight is 216 g/mol. The Bertz CT molecular complexity index is 544. The number of rotatable bonds is 2. The van der Waals surface area contributed by atoms with Crippen molar-refractivity contribution in [1.29, 1.82) is 0 Å². The Kier molecular flexibility index (Phi) is 2.72. The molecule has 4 nitrogen and oxygen atoms in total. The van der Waals surface area contributed by atoms with Gasteiger partial charge < -0.3 is 4.74 Å². The van der Waals surface area contributed by atoms with E-state index >= 15 is 0 Å². The highest BCUT2D eigenvalue weighted by molar-refractivity contribution is 5.65. The van der Waals surface area contributed by atoms with Gasteiger partial charge in [0.15, 0.2) is 0 Å². The van der Waals surface area contributed by atoms with Crippen molar-refractivity contribution in [3.8, 4) is 16.9 Å². The van der Waals surface area contributed by atoms with Gasteiger partial charge in [-0.05, 0) is 24.6 Å². The van der Waals surface area contributed by atoms with E-state index in [1.165, 1.54) is 0 Å². The summed E-state index contributed by atoms with van der Waals surface area (Å²) in [6.07, 6.45) is 0. The second kappa shape index (κ2) is 4.18. The standard InChI is InChI=1S/C12H12N2O2/c1-8-11(7-12(15)14-13-8)9-3-5-10(16-2)6-4-9/h3-7H,1-2H3,(H,14,15). The van der Waals surface area contributed by atoms with Crippen LogP contribution in [0.25, 0.3) is 11.1 Å². The summed E-state index contributed by atoms with van der Waals surface area (Å²) in [6, 6.07) is 9.07. The molecule has 0 saturated heterocycles. The predicted molar refractivity (Wildman–Crippen MR) is 61.6 cm³/mol. The summed E-state index contributed by atoms with van der Waals surface area (Å²) in [5, 5.41) is 6.33. The number of hydrogen-bond acceptors (Lipinski definition) is 3. The summed E-state index contributed by atoms with van der Waals surface area (Å²) in [5.74, 6) is 0.791. The molecule has 0 aliphatic rings. The van der Waals surface area contributed by atoms with Crippen LogP contribution >= 0.6 is 0 Å². The van der Waals surface area contributed by atoms with Gasteiger partial charge in [-0.2, -0.15) is 5.10 Å². The van der Waals surface area contributed by atoms with Crippen molar-refractivity contribution < 1.29 is 4.74 Å². The van der Waals surface area contributed by atoms with Crippen LogP contribution in [0.2, 0.25) is 0 Å². The van der Waals surface area contributed by atoms with Gasteiger partial charge in [-0.25, -0.2) is 5.10 Å². The van der Waals surface area contributed by atoms with Gasteiger partial charge in [-0.3, -0.25) is 4.79 Å². The SMILES string of the molecule is COc1ccc(-c2cc(=O)[nH]nc2C)cc1. The van der Waals surface area contributed by atoms with Gasteiger partial charge in [0.05, 0.1) is 12.8 Å². The molecule has 0 aliphatic carbocycles. The van der Waals surface area contributed by atoms with Crippen LogP contribution in [0.5, 0.6) is 5.75 Å². The smallest absolute Gasteiger partial charge is 0.264 e. The van der Waals surface area contributed by atoms with Gasteiger partial charge in [0.1, 0.15) is 5.75 Å². The molecule has 0 aliphatic heterocycles. The first-order valence-corrected chi connectivity index (χ1v) is 4.91. The summed E-state index contributed by atoms with van der Waals surface area (Å²) < 4.78 is 5.08. The highest BCUT2D eigenvalue weighted by Gasteiger charge is 2.04. The van der Waals surface area contributed by atoms with Crippen molar-refractivity contribution in [2.24, 2.45) is 0 Å². The normalized spacial score (nSPS) is 10.1. The lowest BCUT2D eigenvalue weighted by Gasteiger charge is -2.05. The molecule has 0 saturated carbocycles. The minimum absolute atomic E-state index is 0.198. The van der Waals surface area contributed by atoms with Crippen LogP contribution < -0.4 is 10.3 Å². The number of aromatic amines is 1. The number of nitrogens with one attached hydrogen (secondary N) is 1. The largest absolute Gasteiger partial charge is 0.497 e. The third-order valence-corrected chi connectivity index (χ3v) is 2.40. The average Bonchev–Trinajstić information content (AvgIpc) is 2.32. The molecule has 1 heterocycles. The zero-order valence-electron chi connectivity index (χ0n) is 9.15. The highest BCUT2D eigenvalue weighted by Crippen LogP contribution is 2.22. The fraction of sp³-hybridized carbons (Fsp3) is 0.167. The molecular formula is C12H12N2O2. The Hall–Kier alpha value is -2.10. The summed E-state index contributed by atoms with van der Waals surface area (Å²) in [7, 11) is 1.62. The summed E-state index contributed by atoms with van der Waals surface area (Å²) in [6.45, 7) is 1.86. The molecule has 0 fully saturated rings. The minimum atomic E-state index is -0.198. The van der Waals surface area contributed by atoms with Crippen LogP contribution in [-0.2, 0) is 0 Å². The maximum absolute atomic E-state index is 11.2. The van der Waals surface area contributed by atoms with E-state index < -0.39 is 0 Å². The van der Waals surface area contributed by atoms with Gasteiger partial charge in [0.2, 0.25) is 0 Å². The van der Waals surface area contributed by atoms with Gasteiger partial charge >= 0.3 is 0 Å². The highest BCUT2D eigenvalue weighted by atomic mass is 16.5. The fourth-order valence-electron chi connectivity index (χ4n) is 1.53. The zero-order chi connectivity index (χ0) is 11.5. The maximum Gasteiger partial charge on any atom is 0.264 e. The Morgan fingerprint density at radius 3 is 2.56 bits per heavy atom. The third-order valence-electron chi connectivity index (χ3n) is 2.40. The van der Waals surface area contributed by atoms with E-state index in [0.29, 0.717) is 0 Å². The van der Waals surface area contributed by atoms with Crippen LogP contribution in [0.15, 0.2) is 35.1 Å². The van der Waals surface area contributed by atoms with Crippen molar-refractivity contribution in [2.45, 2.75) is 6.92 Å². The van der Waals surface area contributed by atoms with Gasteiger partial charge in [-0.1, -0.05) is 12.1 Å². The van der Waals surface area contributed by atoms with E-state index in [0.717, 1.165) is 22.6 Å². The van der Waals surface area contributed by atoms with Crippen molar-refractivity contribution >= 4 is 0 Å². The molecule has 0 amide bonds. The summed E-state index contributed by atoms with van der Waals surface area (Å²) >= 11 is 0. The van der Waals surface area contributed by atoms with Crippen LogP contribution in [0.4, 0.5) is 0 Å². The molecule has 1 aromatic heterocycles. The summed E-state index contributed by atoms with van der Waals surface area (Å²) in [5.41, 5.74) is 2.39. The topological polar surface area (TPSA) is 55.0 Å². The number of aromatic nitrogens is 2. The summed E-state index contributed by atoms with van der Waals surface area (Å²) in [4.78, 5) is 11.2. The third kappa shape index (κ3) is 1.95. The number of methoxy groups -OCH3 is 1. The van der Waals surface area contributed by atoms with E-state index in [-0.39, 0.29) is 5.56 Å². The molecule has 4 heteroatoms. The van der Waals surface area contributed by atoms with Crippen molar-refractivity contribution in [3.05, 3.63) is 46.4 Å². The van der Waals surface area contributed by atoms with Crippen molar-refractivity contribution in [1.82, 2.24) is 10.2 Å². The van der Waals surface area contributed by atoms with Gasteiger partial charge in [-0.15, -0.1) is 0 Å². The molecule has 0 atom stereocenters.